The molecule has 1 heterocycles. The predicted molar refractivity (Wildman–Crippen MR) is 149 cm³/mol. The number of unbranched alkanes of at least 4 members (excludes halogenated alkanes) is 1. The number of phenolic OH excluding ortho intramolecular Hbond substituents is 1. The van der Waals surface area contributed by atoms with Gasteiger partial charge in [0, 0.05) is 12.8 Å². The summed E-state index contributed by atoms with van der Waals surface area (Å²) in [6.07, 6.45) is 3.24. The van der Waals surface area contributed by atoms with Gasteiger partial charge in [-0.3, -0.25) is 14.4 Å². The molecule has 0 radical (unpaired) electrons. The Labute approximate surface area is 233 Å². The third kappa shape index (κ3) is 9.65. The van der Waals surface area contributed by atoms with Gasteiger partial charge in [-0.1, -0.05) is 42.5 Å². The number of carbonyl (C=O) groups excluding carboxylic acids is 3. The molecular formula is C29H39N5O6. The summed E-state index contributed by atoms with van der Waals surface area (Å²) in [5, 5.41) is 30.7. The van der Waals surface area contributed by atoms with E-state index < -0.39 is 35.9 Å². The van der Waals surface area contributed by atoms with Crippen LogP contribution < -0.4 is 27.0 Å². The first kappa shape index (κ1) is 30.6. The van der Waals surface area contributed by atoms with Crippen molar-refractivity contribution in [2.75, 3.05) is 13.1 Å². The summed E-state index contributed by atoms with van der Waals surface area (Å²) in [5.41, 5.74) is 7.00. The van der Waals surface area contributed by atoms with Gasteiger partial charge in [-0.25, -0.2) is 4.79 Å². The van der Waals surface area contributed by atoms with Crippen molar-refractivity contribution in [1.82, 2.24) is 21.3 Å². The molecule has 4 unspecified atom stereocenters. The third-order valence-corrected chi connectivity index (χ3v) is 6.86. The summed E-state index contributed by atoms with van der Waals surface area (Å²) in [5.74, 6) is -2.65. The number of carbonyl (C=O) groups is 4. The molecule has 2 aromatic carbocycles. The predicted octanol–water partition coefficient (Wildman–Crippen LogP) is 0.597. The van der Waals surface area contributed by atoms with Crippen LogP contribution in [0.25, 0.3) is 0 Å². The molecule has 0 saturated carbocycles. The van der Waals surface area contributed by atoms with Gasteiger partial charge in [0.2, 0.25) is 17.7 Å². The number of hydrogen-bond acceptors (Lipinski definition) is 7. The molecular weight excluding hydrogens is 514 g/mol. The number of nitrogens with one attached hydrogen (secondary N) is 4. The smallest absolute Gasteiger partial charge is 0.326 e. The highest BCUT2D eigenvalue weighted by Gasteiger charge is 2.31. The highest BCUT2D eigenvalue weighted by Crippen LogP contribution is 2.13. The maximum absolute atomic E-state index is 13.4. The van der Waals surface area contributed by atoms with Gasteiger partial charge in [0.25, 0.3) is 0 Å². The molecule has 11 nitrogen and oxygen atoms in total. The summed E-state index contributed by atoms with van der Waals surface area (Å²) in [4.78, 5) is 51.6. The monoisotopic (exact) mass is 553 g/mol. The number of benzene rings is 2. The number of aromatic hydroxyl groups is 1. The van der Waals surface area contributed by atoms with Gasteiger partial charge in [0.15, 0.2) is 0 Å². The number of rotatable bonds is 15. The average molecular weight is 554 g/mol. The Balaban J connectivity index is 1.77. The molecule has 1 aliphatic rings. The minimum Gasteiger partial charge on any atom is -0.508 e. The number of carboxylic acid groups (broad SMARTS) is 1. The van der Waals surface area contributed by atoms with E-state index in [1.165, 1.54) is 12.1 Å². The first-order chi connectivity index (χ1) is 19.3. The van der Waals surface area contributed by atoms with E-state index in [2.05, 4.69) is 21.3 Å². The molecule has 0 spiro atoms. The van der Waals surface area contributed by atoms with Gasteiger partial charge in [-0.05, 0) is 68.5 Å². The average Bonchev–Trinajstić information content (AvgIpc) is 3.49. The van der Waals surface area contributed by atoms with E-state index in [9.17, 15) is 29.4 Å². The van der Waals surface area contributed by atoms with E-state index in [4.69, 9.17) is 5.73 Å². The molecule has 40 heavy (non-hydrogen) atoms. The van der Waals surface area contributed by atoms with Crippen molar-refractivity contribution < 1.29 is 29.4 Å². The van der Waals surface area contributed by atoms with E-state index in [0.717, 1.165) is 18.5 Å². The minimum absolute atomic E-state index is 0.0448. The lowest BCUT2D eigenvalue weighted by Crippen LogP contribution is -2.57. The maximum Gasteiger partial charge on any atom is 0.326 e. The molecule has 1 saturated heterocycles. The highest BCUT2D eigenvalue weighted by atomic mass is 16.4. The number of phenols is 1. The quantitative estimate of drug-likeness (QED) is 0.156. The Morgan fingerprint density at radius 2 is 1.48 bits per heavy atom. The fourth-order valence-electron chi connectivity index (χ4n) is 4.61. The largest absolute Gasteiger partial charge is 0.508 e. The molecule has 0 aromatic heterocycles. The highest BCUT2D eigenvalue weighted by molar-refractivity contribution is 5.94. The SMILES string of the molecule is NCCCCC(NC(=O)C1CCCN1)C(=O)NC(Cc1ccc(O)cc1)C(=O)NC(Cc1ccccc1)C(=O)O. The fourth-order valence-corrected chi connectivity index (χ4v) is 4.61. The number of nitrogens with two attached hydrogens (primary N) is 1. The van der Waals surface area contributed by atoms with Crippen LogP contribution in [0.4, 0.5) is 0 Å². The van der Waals surface area contributed by atoms with Gasteiger partial charge >= 0.3 is 5.97 Å². The van der Waals surface area contributed by atoms with Gasteiger partial charge in [0.05, 0.1) is 6.04 Å². The summed E-state index contributed by atoms with van der Waals surface area (Å²) in [6.45, 7) is 1.17. The first-order valence-corrected chi connectivity index (χ1v) is 13.7. The summed E-state index contributed by atoms with van der Waals surface area (Å²) < 4.78 is 0. The molecule has 11 heteroatoms. The van der Waals surface area contributed by atoms with Crippen molar-refractivity contribution in [1.29, 1.82) is 0 Å². The lowest BCUT2D eigenvalue weighted by molar-refractivity contribution is -0.142. The third-order valence-electron chi connectivity index (χ3n) is 6.86. The van der Waals surface area contributed by atoms with Crippen LogP contribution in [0, 0.1) is 0 Å². The van der Waals surface area contributed by atoms with E-state index in [1.54, 1.807) is 36.4 Å². The Bertz CT molecular complexity index is 1120. The number of carboxylic acids is 1. The maximum atomic E-state index is 13.4. The van der Waals surface area contributed by atoms with Crippen molar-refractivity contribution in [3.05, 3.63) is 65.7 Å². The van der Waals surface area contributed by atoms with Crippen molar-refractivity contribution in [2.45, 2.75) is 69.1 Å². The van der Waals surface area contributed by atoms with Gasteiger partial charge < -0.3 is 37.2 Å². The second kappa shape index (κ2) is 15.6. The molecule has 1 fully saturated rings. The summed E-state index contributed by atoms with van der Waals surface area (Å²) in [7, 11) is 0. The van der Waals surface area contributed by atoms with Crippen LogP contribution >= 0.6 is 0 Å². The topological polar surface area (TPSA) is 183 Å². The Morgan fingerprint density at radius 1 is 0.850 bits per heavy atom. The van der Waals surface area contributed by atoms with Crippen molar-refractivity contribution in [3.63, 3.8) is 0 Å². The zero-order chi connectivity index (χ0) is 28.9. The molecule has 1 aliphatic heterocycles. The van der Waals surface area contributed by atoms with Crippen molar-refractivity contribution in [2.24, 2.45) is 5.73 Å². The van der Waals surface area contributed by atoms with Crippen molar-refractivity contribution in [3.8, 4) is 5.75 Å². The molecule has 0 bridgehead atoms. The molecule has 4 atom stereocenters. The molecule has 2 aromatic rings. The van der Waals surface area contributed by atoms with Crippen LogP contribution in [0.3, 0.4) is 0 Å². The van der Waals surface area contributed by atoms with E-state index >= 15 is 0 Å². The van der Waals surface area contributed by atoms with Gasteiger partial charge in [-0.2, -0.15) is 0 Å². The normalized spacial score (nSPS) is 16.9. The summed E-state index contributed by atoms with van der Waals surface area (Å²) in [6, 6.07) is 11.5. The molecule has 8 N–H and O–H groups in total. The van der Waals surface area contributed by atoms with Gasteiger partial charge in [-0.15, -0.1) is 0 Å². The lowest BCUT2D eigenvalue weighted by atomic mass is 10.0. The van der Waals surface area contributed by atoms with Crippen LogP contribution in [0.1, 0.15) is 43.2 Å². The zero-order valence-corrected chi connectivity index (χ0v) is 22.5. The van der Waals surface area contributed by atoms with Crippen molar-refractivity contribution >= 4 is 23.7 Å². The molecule has 216 valence electrons. The van der Waals surface area contributed by atoms with Crippen LogP contribution in [0.2, 0.25) is 0 Å². The Morgan fingerprint density at radius 3 is 2.10 bits per heavy atom. The van der Waals surface area contributed by atoms with Crippen LogP contribution in [-0.4, -0.2) is 71.2 Å². The van der Waals surface area contributed by atoms with E-state index in [1.807, 2.05) is 6.07 Å². The first-order valence-electron chi connectivity index (χ1n) is 13.7. The minimum atomic E-state index is -1.22. The molecule has 3 rings (SSSR count). The Kier molecular flexibility index (Phi) is 11.9. The number of amides is 3. The fraction of sp³-hybridized carbons (Fsp3) is 0.448. The second-order valence-corrected chi connectivity index (χ2v) is 10.0. The standard InChI is InChI=1S/C29H39N5O6/c30-15-5-4-9-23(32-26(36)22-10-6-16-31-22)27(37)33-24(17-20-11-13-21(35)14-12-20)28(38)34-25(29(39)40)18-19-7-2-1-3-8-19/h1-3,7-8,11-14,22-25,31,35H,4-6,9-10,15-18,30H2,(H,32,36)(H,33,37)(H,34,38)(H,39,40). The Hall–Kier alpha value is -3.96. The summed E-state index contributed by atoms with van der Waals surface area (Å²) >= 11 is 0. The molecule has 0 aliphatic carbocycles. The van der Waals surface area contributed by atoms with Crippen LogP contribution in [0.5, 0.6) is 5.75 Å². The van der Waals surface area contributed by atoms with E-state index in [0.29, 0.717) is 37.8 Å². The van der Waals surface area contributed by atoms with E-state index in [-0.39, 0.29) is 30.5 Å². The van der Waals surface area contributed by atoms with Gasteiger partial charge in [0.1, 0.15) is 23.9 Å². The number of aliphatic carboxylic acids is 1. The second-order valence-electron chi connectivity index (χ2n) is 10.0. The van der Waals surface area contributed by atoms with Crippen LogP contribution in [0.15, 0.2) is 54.6 Å². The lowest BCUT2D eigenvalue weighted by Gasteiger charge is -2.25. The number of hydrogen-bond donors (Lipinski definition) is 7. The zero-order valence-electron chi connectivity index (χ0n) is 22.5. The molecule has 3 amide bonds. The van der Waals surface area contributed by atoms with Crippen LogP contribution in [-0.2, 0) is 32.0 Å².